The van der Waals surface area contributed by atoms with Crippen molar-refractivity contribution in [1.82, 2.24) is 5.32 Å². The minimum atomic E-state index is -0.653. The first-order valence-electron chi connectivity index (χ1n) is 14.1. The highest BCUT2D eigenvalue weighted by atomic mass is 32.1. The number of rotatable bonds is 12. The minimum Gasteiger partial charge on any atom is -0.465 e. The third-order valence-electron chi connectivity index (χ3n) is 6.96. The molecule has 0 aliphatic carbocycles. The molecule has 1 aromatic heterocycles. The highest BCUT2D eigenvalue weighted by molar-refractivity contribution is 7.08. The normalized spacial score (nSPS) is 10.6. The first kappa shape index (κ1) is 32.5. The van der Waals surface area contributed by atoms with E-state index in [-0.39, 0.29) is 40.9 Å². The smallest absolute Gasteiger partial charge is 0.338 e. The van der Waals surface area contributed by atoms with Gasteiger partial charge in [0.2, 0.25) is 0 Å². The van der Waals surface area contributed by atoms with Gasteiger partial charge in [-0.15, -0.1) is 0 Å². The number of methoxy groups -OCH3 is 1. The zero-order valence-corrected chi connectivity index (χ0v) is 25.9. The number of carbonyl (C=O) groups is 3. The molecule has 0 bridgehead atoms. The fourth-order valence-electron chi connectivity index (χ4n) is 4.63. The number of hydrogen-bond donors (Lipinski definition) is 4. The van der Waals surface area contributed by atoms with Gasteiger partial charge in [0.05, 0.1) is 19.2 Å². The maximum Gasteiger partial charge on any atom is 0.338 e. The van der Waals surface area contributed by atoms with Crippen molar-refractivity contribution < 1.29 is 19.1 Å². The fourth-order valence-corrected chi connectivity index (χ4v) is 5.48. The van der Waals surface area contributed by atoms with E-state index in [2.05, 4.69) is 20.7 Å². The van der Waals surface area contributed by atoms with Crippen molar-refractivity contribution in [2.45, 2.75) is 26.8 Å². The van der Waals surface area contributed by atoms with Gasteiger partial charge in [-0.05, 0) is 98.9 Å². The zero-order valence-electron chi connectivity index (χ0n) is 25.1. The highest BCUT2D eigenvalue weighted by Crippen LogP contribution is 2.32. The van der Waals surface area contributed by atoms with Crippen LogP contribution < -0.4 is 16.4 Å². The van der Waals surface area contributed by atoms with E-state index in [4.69, 9.17) is 21.4 Å². The van der Waals surface area contributed by atoms with Crippen molar-refractivity contribution in [2.75, 3.05) is 19.0 Å². The molecule has 0 spiro atoms. The van der Waals surface area contributed by atoms with Crippen LogP contribution in [-0.2, 0) is 17.7 Å². The number of carbonyl (C=O) groups excluding carboxylic acids is 3. The predicted octanol–water partition coefficient (Wildman–Crippen LogP) is 6.52. The molecule has 0 fully saturated rings. The monoisotopic (exact) mass is 623 g/mol. The summed E-state index contributed by atoms with van der Waals surface area (Å²) in [7, 11) is 1.26. The van der Waals surface area contributed by atoms with Gasteiger partial charge >= 0.3 is 5.97 Å². The summed E-state index contributed by atoms with van der Waals surface area (Å²) in [6, 6.07) is 16.7. The molecule has 4 aromatic rings. The summed E-state index contributed by atoms with van der Waals surface area (Å²) < 4.78 is 5.07. The first-order chi connectivity index (χ1) is 21.6. The third kappa shape index (κ3) is 8.14. The predicted molar refractivity (Wildman–Crippen MR) is 176 cm³/mol. The van der Waals surface area contributed by atoms with Crippen LogP contribution in [0, 0.1) is 11.3 Å². The maximum absolute atomic E-state index is 13.9. The standard InChI is InChI=1S/C33H33N7O4S/c1-19(2)15-37-31(41)22-7-11-27(29(14-22)33(43)44-3)26-10-4-20(12-23-17-45-18-24(23)16-38-40-36)13-28(26)32(42)39-25-8-5-21(6-9-25)30(34)35/h4-11,13-14,17-19H,12,15-16H2,1-3H3,(H3,34,35)(H,37,41)(H,39,42). The van der Waals surface area contributed by atoms with Crippen LogP contribution in [0.5, 0.6) is 0 Å². The highest BCUT2D eigenvalue weighted by Gasteiger charge is 2.22. The molecule has 0 atom stereocenters. The van der Waals surface area contributed by atoms with Crippen molar-refractivity contribution in [1.29, 1.82) is 5.41 Å². The van der Waals surface area contributed by atoms with Crippen LogP contribution >= 0.6 is 11.3 Å². The molecule has 12 heteroatoms. The average molecular weight is 624 g/mol. The molecule has 11 nitrogen and oxygen atoms in total. The molecule has 1 heterocycles. The van der Waals surface area contributed by atoms with Crippen LogP contribution in [0.4, 0.5) is 5.69 Å². The Morgan fingerprint density at radius 3 is 2.29 bits per heavy atom. The van der Waals surface area contributed by atoms with Gasteiger partial charge in [0.15, 0.2) is 0 Å². The van der Waals surface area contributed by atoms with Crippen molar-refractivity contribution >= 4 is 40.6 Å². The number of nitrogens with one attached hydrogen (secondary N) is 3. The Labute approximate surface area is 264 Å². The second-order valence-electron chi connectivity index (χ2n) is 10.7. The molecule has 4 rings (SSSR count). The average Bonchev–Trinajstić information content (AvgIpc) is 3.48. The van der Waals surface area contributed by atoms with Gasteiger partial charge in [-0.25, -0.2) is 4.79 Å². The number of nitrogens with zero attached hydrogens (tertiary/aromatic N) is 3. The topological polar surface area (TPSA) is 183 Å². The summed E-state index contributed by atoms with van der Waals surface area (Å²) in [5.41, 5.74) is 19.6. The summed E-state index contributed by atoms with van der Waals surface area (Å²) in [6.07, 6.45) is 0.479. The van der Waals surface area contributed by atoms with E-state index in [0.717, 1.165) is 16.7 Å². The number of anilines is 1. The zero-order chi connectivity index (χ0) is 32.5. The quantitative estimate of drug-likeness (QED) is 0.0349. The number of azide groups is 1. The van der Waals surface area contributed by atoms with E-state index in [9.17, 15) is 14.4 Å². The number of amides is 2. The van der Waals surface area contributed by atoms with E-state index in [1.54, 1.807) is 48.5 Å². The lowest BCUT2D eigenvalue weighted by atomic mass is 9.90. The summed E-state index contributed by atoms with van der Waals surface area (Å²) in [6.45, 7) is 4.66. The van der Waals surface area contributed by atoms with Gasteiger partial charge in [-0.2, -0.15) is 11.3 Å². The Bertz CT molecular complexity index is 1790. The Morgan fingerprint density at radius 2 is 1.62 bits per heavy atom. The van der Waals surface area contributed by atoms with E-state index < -0.39 is 11.9 Å². The molecule has 230 valence electrons. The Hall–Kier alpha value is -5.45. The molecule has 2 amide bonds. The number of thiophene rings is 1. The number of ether oxygens (including phenoxy) is 1. The lowest BCUT2D eigenvalue weighted by Crippen LogP contribution is -2.27. The second kappa shape index (κ2) is 14.8. The number of nitrogen functional groups attached to an aromatic ring is 1. The van der Waals surface area contributed by atoms with Crippen molar-refractivity contribution in [2.24, 2.45) is 16.8 Å². The van der Waals surface area contributed by atoms with E-state index in [1.165, 1.54) is 24.5 Å². The molecular weight excluding hydrogens is 590 g/mol. The number of nitrogens with two attached hydrogens (primary N) is 1. The van der Waals surface area contributed by atoms with Gasteiger partial charge in [0.1, 0.15) is 5.84 Å². The molecule has 0 unspecified atom stereocenters. The summed E-state index contributed by atoms with van der Waals surface area (Å²) in [4.78, 5) is 42.5. The summed E-state index contributed by atoms with van der Waals surface area (Å²) >= 11 is 1.50. The van der Waals surface area contributed by atoms with Gasteiger partial charge < -0.3 is 21.1 Å². The Balaban J connectivity index is 1.79. The van der Waals surface area contributed by atoms with Crippen LogP contribution in [-0.4, -0.2) is 37.3 Å². The van der Waals surface area contributed by atoms with Gasteiger partial charge in [0.25, 0.3) is 11.8 Å². The molecule has 0 radical (unpaired) electrons. The SMILES string of the molecule is COC(=O)c1cc(C(=O)NCC(C)C)ccc1-c1ccc(Cc2cscc2CN=[N+]=[N-])cc1C(=O)Nc1ccc(C(=N)N)cc1. The van der Waals surface area contributed by atoms with Gasteiger partial charge in [-0.1, -0.05) is 37.2 Å². The molecular formula is C33H33N7O4S. The van der Waals surface area contributed by atoms with Crippen molar-refractivity contribution in [3.05, 3.63) is 121 Å². The van der Waals surface area contributed by atoms with E-state index in [0.29, 0.717) is 35.3 Å². The van der Waals surface area contributed by atoms with Gasteiger partial charge in [-0.3, -0.25) is 15.0 Å². The Kier molecular flexibility index (Phi) is 10.7. The molecule has 0 aliphatic rings. The molecule has 5 N–H and O–H groups in total. The first-order valence-corrected chi connectivity index (χ1v) is 15.0. The fraction of sp³-hybridized carbons (Fsp3) is 0.212. The van der Waals surface area contributed by atoms with Crippen LogP contribution in [0.3, 0.4) is 0 Å². The van der Waals surface area contributed by atoms with Crippen LogP contribution in [0.2, 0.25) is 0 Å². The molecule has 0 saturated carbocycles. The van der Waals surface area contributed by atoms with Crippen LogP contribution in [0.25, 0.3) is 21.6 Å². The second-order valence-corrected chi connectivity index (χ2v) is 11.4. The van der Waals surface area contributed by atoms with Crippen molar-refractivity contribution in [3.63, 3.8) is 0 Å². The lowest BCUT2D eigenvalue weighted by Gasteiger charge is -2.16. The number of benzene rings is 3. The Morgan fingerprint density at radius 1 is 0.956 bits per heavy atom. The van der Waals surface area contributed by atoms with Crippen LogP contribution in [0.15, 0.2) is 76.5 Å². The lowest BCUT2D eigenvalue weighted by molar-refractivity contribution is 0.0601. The minimum absolute atomic E-state index is 0.0900. The molecule has 0 aliphatic heterocycles. The molecule has 0 saturated heterocycles. The van der Waals surface area contributed by atoms with Crippen molar-refractivity contribution in [3.8, 4) is 11.1 Å². The van der Waals surface area contributed by atoms with E-state index >= 15 is 0 Å². The molecule has 3 aromatic carbocycles. The number of amidine groups is 1. The maximum atomic E-state index is 13.9. The largest absolute Gasteiger partial charge is 0.465 e. The number of hydrogen-bond acceptors (Lipinski definition) is 7. The third-order valence-corrected chi connectivity index (χ3v) is 7.80. The number of esters is 1. The van der Waals surface area contributed by atoms with Gasteiger partial charge in [0, 0.05) is 33.8 Å². The summed E-state index contributed by atoms with van der Waals surface area (Å²) in [5.74, 6) is -1.25. The molecule has 45 heavy (non-hydrogen) atoms. The summed E-state index contributed by atoms with van der Waals surface area (Å²) in [5, 5.41) is 21.0. The van der Waals surface area contributed by atoms with Crippen LogP contribution in [0.1, 0.15) is 67.2 Å². The van der Waals surface area contributed by atoms with E-state index in [1.807, 2.05) is 30.7 Å².